The van der Waals surface area contributed by atoms with Crippen LogP contribution >= 0.6 is 12.4 Å². The monoisotopic (exact) mass is 401 g/mol. The summed E-state index contributed by atoms with van der Waals surface area (Å²) in [4.78, 5) is 23.7. The minimum atomic E-state index is -0.624. The van der Waals surface area contributed by atoms with Gasteiger partial charge in [-0.05, 0) is 37.4 Å². The molecule has 0 bridgehead atoms. The van der Waals surface area contributed by atoms with Crippen molar-refractivity contribution < 1.29 is 23.8 Å². The van der Waals surface area contributed by atoms with E-state index in [0.717, 1.165) is 25.7 Å². The number of methoxy groups -OCH3 is 2. The number of carbonyl (C=O) groups excluding carboxylic acids is 2. The number of rotatable bonds is 8. The van der Waals surface area contributed by atoms with Crippen molar-refractivity contribution in [3.8, 4) is 17.2 Å². The Morgan fingerprint density at radius 3 is 2.26 bits per heavy atom. The lowest BCUT2D eigenvalue weighted by molar-refractivity contribution is -0.120. The normalized spacial score (nSPS) is 18.8. The molecule has 8 nitrogen and oxygen atoms in total. The van der Waals surface area contributed by atoms with Crippen molar-refractivity contribution in [2.24, 2.45) is 17.4 Å². The molecule has 0 spiro atoms. The van der Waals surface area contributed by atoms with E-state index in [2.05, 4.69) is 5.32 Å². The van der Waals surface area contributed by atoms with Gasteiger partial charge in [0.1, 0.15) is 0 Å². The number of ether oxygens (including phenoxy) is 3. The Balaban J connectivity index is 0.00000364. The minimum absolute atomic E-state index is 0. The molecule has 27 heavy (non-hydrogen) atoms. The van der Waals surface area contributed by atoms with Gasteiger partial charge in [0, 0.05) is 11.6 Å². The van der Waals surface area contributed by atoms with E-state index in [1.165, 1.54) is 14.2 Å². The number of carbonyl (C=O) groups is 2. The van der Waals surface area contributed by atoms with Crippen LogP contribution in [0.4, 0.5) is 0 Å². The zero-order valence-corrected chi connectivity index (χ0v) is 16.5. The largest absolute Gasteiger partial charge is 0.493 e. The summed E-state index contributed by atoms with van der Waals surface area (Å²) in [6, 6.07) is 3.16. The van der Waals surface area contributed by atoms with Gasteiger partial charge in [0.2, 0.25) is 5.75 Å². The Morgan fingerprint density at radius 2 is 1.74 bits per heavy atom. The van der Waals surface area contributed by atoms with Crippen molar-refractivity contribution >= 4 is 24.2 Å². The summed E-state index contributed by atoms with van der Waals surface area (Å²) in [6.07, 6.45) is 4.16. The molecule has 0 heterocycles. The van der Waals surface area contributed by atoms with E-state index in [1.807, 2.05) is 0 Å². The molecule has 1 saturated carbocycles. The smallest absolute Gasteiger partial charge is 0.255 e. The predicted molar refractivity (Wildman–Crippen MR) is 104 cm³/mol. The van der Waals surface area contributed by atoms with E-state index in [-0.39, 0.29) is 54.1 Å². The number of primary amides is 1. The average molecular weight is 402 g/mol. The van der Waals surface area contributed by atoms with Crippen molar-refractivity contribution in [1.82, 2.24) is 5.32 Å². The molecule has 0 aliphatic heterocycles. The summed E-state index contributed by atoms with van der Waals surface area (Å²) >= 11 is 0. The molecule has 2 rings (SSSR count). The molecule has 2 unspecified atom stereocenters. The lowest BCUT2D eigenvalue weighted by atomic mass is 9.84. The van der Waals surface area contributed by atoms with Crippen LogP contribution in [-0.2, 0) is 4.79 Å². The van der Waals surface area contributed by atoms with Crippen molar-refractivity contribution in [3.05, 3.63) is 17.7 Å². The second kappa shape index (κ2) is 10.8. The average Bonchev–Trinajstić information content (AvgIpc) is 2.65. The lowest BCUT2D eigenvalue weighted by Gasteiger charge is -2.31. The fraction of sp³-hybridized carbons (Fsp3) is 0.556. The first-order valence-corrected chi connectivity index (χ1v) is 8.68. The molecule has 1 aliphatic carbocycles. The molecule has 2 atom stereocenters. The summed E-state index contributed by atoms with van der Waals surface area (Å²) < 4.78 is 15.9. The van der Waals surface area contributed by atoms with Gasteiger partial charge in [-0.25, -0.2) is 0 Å². The van der Waals surface area contributed by atoms with Crippen LogP contribution in [0.5, 0.6) is 17.2 Å². The van der Waals surface area contributed by atoms with E-state index < -0.39 is 5.91 Å². The van der Waals surface area contributed by atoms with E-state index in [0.29, 0.717) is 12.1 Å². The number of nitrogens with two attached hydrogens (primary N) is 2. The van der Waals surface area contributed by atoms with Gasteiger partial charge in [-0.1, -0.05) is 12.8 Å². The van der Waals surface area contributed by atoms with Crippen LogP contribution in [0.2, 0.25) is 0 Å². The maximum atomic E-state index is 12.7. The molecule has 1 aromatic carbocycles. The van der Waals surface area contributed by atoms with Crippen LogP contribution in [0, 0.1) is 5.92 Å². The molecule has 2 amide bonds. The van der Waals surface area contributed by atoms with Crippen molar-refractivity contribution in [2.75, 3.05) is 27.4 Å². The van der Waals surface area contributed by atoms with E-state index in [9.17, 15) is 9.59 Å². The quantitative estimate of drug-likeness (QED) is 0.601. The molecule has 0 radical (unpaired) electrons. The van der Waals surface area contributed by atoms with Crippen LogP contribution in [0.1, 0.15) is 36.0 Å². The molecule has 1 aliphatic rings. The van der Waals surface area contributed by atoms with Crippen LogP contribution in [0.3, 0.4) is 0 Å². The maximum absolute atomic E-state index is 12.7. The Hall–Kier alpha value is -2.19. The van der Waals surface area contributed by atoms with Gasteiger partial charge in [0.25, 0.3) is 11.8 Å². The Kier molecular flexibility index (Phi) is 9.17. The Morgan fingerprint density at radius 1 is 1.15 bits per heavy atom. The fourth-order valence-corrected chi connectivity index (χ4v) is 3.23. The third kappa shape index (κ3) is 5.90. The first-order chi connectivity index (χ1) is 12.5. The molecule has 0 aromatic heterocycles. The van der Waals surface area contributed by atoms with Gasteiger partial charge in [0.15, 0.2) is 18.1 Å². The summed E-state index contributed by atoms with van der Waals surface area (Å²) in [5.41, 5.74) is 11.3. The van der Waals surface area contributed by atoms with Crippen LogP contribution in [-0.4, -0.2) is 45.2 Å². The molecule has 5 N–H and O–H groups in total. The third-order valence-electron chi connectivity index (χ3n) is 4.61. The number of hydrogen-bond donors (Lipinski definition) is 3. The SMILES string of the molecule is COc1cc(C(=O)NC2CCCCC2CN)cc(OC)c1OCC(N)=O.Cl. The summed E-state index contributed by atoms with van der Waals surface area (Å²) in [7, 11) is 2.89. The highest BCUT2D eigenvalue weighted by Gasteiger charge is 2.26. The number of nitrogens with one attached hydrogen (secondary N) is 1. The van der Waals surface area contributed by atoms with Crippen molar-refractivity contribution in [3.63, 3.8) is 0 Å². The van der Waals surface area contributed by atoms with Crippen molar-refractivity contribution in [1.29, 1.82) is 0 Å². The first-order valence-electron chi connectivity index (χ1n) is 8.68. The lowest BCUT2D eigenvalue weighted by Crippen LogP contribution is -2.44. The molecule has 152 valence electrons. The van der Waals surface area contributed by atoms with Gasteiger partial charge >= 0.3 is 0 Å². The zero-order chi connectivity index (χ0) is 19.1. The van der Waals surface area contributed by atoms with E-state index in [4.69, 9.17) is 25.7 Å². The van der Waals surface area contributed by atoms with Gasteiger partial charge in [-0.3, -0.25) is 9.59 Å². The van der Waals surface area contributed by atoms with Crippen molar-refractivity contribution in [2.45, 2.75) is 31.7 Å². The van der Waals surface area contributed by atoms with Crippen LogP contribution < -0.4 is 31.0 Å². The fourth-order valence-electron chi connectivity index (χ4n) is 3.23. The highest BCUT2D eigenvalue weighted by Crippen LogP contribution is 2.38. The first kappa shape index (κ1) is 22.9. The van der Waals surface area contributed by atoms with Crippen LogP contribution in [0.25, 0.3) is 0 Å². The molecule has 9 heteroatoms. The van der Waals surface area contributed by atoms with Gasteiger partial charge in [-0.2, -0.15) is 0 Å². The number of amides is 2. The Labute approximate surface area is 165 Å². The molecular formula is C18H28ClN3O5. The number of benzene rings is 1. The standard InChI is InChI=1S/C18H27N3O5.ClH/c1-24-14-7-12(8-15(25-2)17(14)26-10-16(20)22)18(23)21-13-6-4-3-5-11(13)9-19;/h7-8,11,13H,3-6,9-10,19H2,1-2H3,(H2,20,22)(H,21,23);1H. The minimum Gasteiger partial charge on any atom is -0.493 e. The molecular weight excluding hydrogens is 374 g/mol. The van der Waals surface area contributed by atoms with Gasteiger partial charge in [-0.15, -0.1) is 12.4 Å². The molecule has 1 aromatic rings. The maximum Gasteiger partial charge on any atom is 0.255 e. The second-order valence-electron chi connectivity index (χ2n) is 6.33. The highest BCUT2D eigenvalue weighted by atomic mass is 35.5. The molecule has 0 saturated heterocycles. The number of hydrogen-bond acceptors (Lipinski definition) is 6. The van der Waals surface area contributed by atoms with Crippen LogP contribution in [0.15, 0.2) is 12.1 Å². The molecule has 1 fully saturated rings. The van der Waals surface area contributed by atoms with E-state index in [1.54, 1.807) is 12.1 Å². The second-order valence-corrected chi connectivity index (χ2v) is 6.33. The summed E-state index contributed by atoms with van der Waals surface area (Å²) in [6.45, 7) is 0.232. The topological polar surface area (TPSA) is 126 Å². The predicted octanol–water partition coefficient (Wildman–Crippen LogP) is 1.24. The zero-order valence-electron chi connectivity index (χ0n) is 15.7. The third-order valence-corrected chi connectivity index (χ3v) is 4.61. The Bertz CT molecular complexity index is 631. The summed E-state index contributed by atoms with van der Waals surface area (Å²) in [5, 5.41) is 3.06. The van der Waals surface area contributed by atoms with Gasteiger partial charge in [0.05, 0.1) is 14.2 Å². The number of halogens is 1. The van der Waals surface area contributed by atoms with E-state index >= 15 is 0 Å². The highest BCUT2D eigenvalue weighted by molar-refractivity contribution is 5.96. The summed E-state index contributed by atoms with van der Waals surface area (Å²) in [5.74, 6) is 0.233. The van der Waals surface area contributed by atoms with Gasteiger partial charge < -0.3 is 31.0 Å².